The molecule has 4 rings (SSSR count). The summed E-state index contributed by atoms with van der Waals surface area (Å²) in [6.45, 7) is 2.48. The Bertz CT molecular complexity index is 838. The van der Waals surface area contributed by atoms with Crippen LogP contribution in [0.2, 0.25) is 5.02 Å². The first-order valence-electron chi connectivity index (χ1n) is 7.88. The van der Waals surface area contributed by atoms with Crippen LogP contribution in [0.1, 0.15) is 11.1 Å². The number of pyridine rings is 2. The largest absolute Gasteiger partial charge is 0.313 e. The van der Waals surface area contributed by atoms with Gasteiger partial charge in [-0.05, 0) is 35.9 Å². The van der Waals surface area contributed by atoms with Gasteiger partial charge in [0.05, 0.1) is 6.67 Å². The summed E-state index contributed by atoms with van der Waals surface area (Å²) in [6, 6.07) is 16.1. The third-order valence-electron chi connectivity index (χ3n) is 4.11. The van der Waals surface area contributed by atoms with Gasteiger partial charge in [-0.3, -0.25) is 9.88 Å². The highest BCUT2D eigenvalue weighted by molar-refractivity contribution is 6.30. The second-order valence-electron chi connectivity index (χ2n) is 5.88. The molecular weight excluding hydrogens is 320 g/mol. The molecule has 3 aromatic rings. The van der Waals surface area contributed by atoms with Crippen LogP contribution in [-0.2, 0) is 13.1 Å². The van der Waals surface area contributed by atoms with Crippen molar-refractivity contribution in [1.29, 1.82) is 0 Å². The molecule has 0 aliphatic carbocycles. The van der Waals surface area contributed by atoms with Gasteiger partial charge in [-0.1, -0.05) is 29.8 Å². The SMILES string of the molecule is Clc1cccc(N2CN(Cc3cccnc3)Cc3cccnc32)c1. The molecule has 1 aliphatic heterocycles. The maximum atomic E-state index is 6.19. The predicted molar refractivity (Wildman–Crippen MR) is 96.2 cm³/mol. The molecule has 0 fully saturated rings. The summed E-state index contributed by atoms with van der Waals surface area (Å²) < 4.78 is 0. The monoisotopic (exact) mass is 336 g/mol. The van der Waals surface area contributed by atoms with E-state index in [9.17, 15) is 0 Å². The van der Waals surface area contributed by atoms with Gasteiger partial charge in [0.1, 0.15) is 5.82 Å². The van der Waals surface area contributed by atoms with E-state index in [1.54, 1.807) is 6.20 Å². The third kappa shape index (κ3) is 3.11. The summed E-state index contributed by atoms with van der Waals surface area (Å²) in [5.74, 6) is 1.00. The maximum Gasteiger partial charge on any atom is 0.138 e. The topological polar surface area (TPSA) is 32.3 Å². The van der Waals surface area contributed by atoms with E-state index in [2.05, 4.69) is 38.0 Å². The molecule has 0 saturated heterocycles. The molecule has 0 bridgehead atoms. The number of rotatable bonds is 3. The van der Waals surface area contributed by atoms with Gasteiger partial charge in [-0.2, -0.15) is 0 Å². The molecule has 5 heteroatoms. The molecule has 2 aromatic heterocycles. The van der Waals surface area contributed by atoms with E-state index >= 15 is 0 Å². The Morgan fingerprint density at radius 1 is 1.04 bits per heavy atom. The Kier molecular flexibility index (Phi) is 4.15. The molecule has 0 amide bonds. The van der Waals surface area contributed by atoms with E-state index in [0.29, 0.717) is 0 Å². The molecule has 0 atom stereocenters. The second kappa shape index (κ2) is 6.59. The minimum atomic E-state index is 0.731. The number of aromatic nitrogens is 2. The molecule has 1 aromatic carbocycles. The fourth-order valence-corrected chi connectivity index (χ4v) is 3.24. The Morgan fingerprint density at radius 3 is 2.79 bits per heavy atom. The summed E-state index contributed by atoms with van der Waals surface area (Å²) in [7, 11) is 0. The van der Waals surface area contributed by atoms with E-state index in [4.69, 9.17) is 11.6 Å². The summed E-state index contributed by atoms with van der Waals surface area (Å²) >= 11 is 6.19. The molecule has 0 N–H and O–H groups in total. The van der Waals surface area contributed by atoms with Crippen molar-refractivity contribution < 1.29 is 0 Å². The van der Waals surface area contributed by atoms with Gasteiger partial charge < -0.3 is 4.90 Å². The Balaban J connectivity index is 1.67. The molecule has 0 radical (unpaired) electrons. The first-order valence-corrected chi connectivity index (χ1v) is 8.26. The smallest absolute Gasteiger partial charge is 0.138 e. The van der Waals surface area contributed by atoms with Crippen molar-refractivity contribution in [3.8, 4) is 0 Å². The zero-order valence-electron chi connectivity index (χ0n) is 13.1. The Morgan fingerprint density at radius 2 is 1.96 bits per heavy atom. The van der Waals surface area contributed by atoms with Crippen molar-refractivity contribution in [3.63, 3.8) is 0 Å². The first kappa shape index (κ1) is 15.1. The van der Waals surface area contributed by atoms with Crippen LogP contribution in [0.4, 0.5) is 11.5 Å². The highest BCUT2D eigenvalue weighted by atomic mass is 35.5. The lowest BCUT2D eigenvalue weighted by atomic mass is 10.1. The van der Waals surface area contributed by atoms with E-state index in [1.807, 2.05) is 42.7 Å². The summed E-state index contributed by atoms with van der Waals surface area (Å²) in [5, 5.41) is 0.731. The Hall–Kier alpha value is -2.43. The van der Waals surface area contributed by atoms with Crippen LogP contribution in [-0.4, -0.2) is 21.5 Å². The molecule has 0 unspecified atom stereocenters. The molecule has 0 saturated carbocycles. The number of nitrogens with zero attached hydrogens (tertiary/aromatic N) is 4. The minimum Gasteiger partial charge on any atom is -0.313 e. The van der Waals surface area contributed by atoms with Crippen molar-refractivity contribution in [2.75, 3.05) is 11.6 Å². The van der Waals surface area contributed by atoms with Gasteiger partial charge in [0.25, 0.3) is 0 Å². The summed E-state index contributed by atoms with van der Waals surface area (Å²) in [5.41, 5.74) is 3.47. The van der Waals surface area contributed by atoms with Crippen LogP contribution in [0, 0.1) is 0 Å². The first-order chi connectivity index (χ1) is 11.8. The van der Waals surface area contributed by atoms with Crippen molar-refractivity contribution >= 4 is 23.1 Å². The Labute approximate surface area is 146 Å². The lowest BCUT2D eigenvalue weighted by Crippen LogP contribution is -2.39. The zero-order chi connectivity index (χ0) is 16.4. The van der Waals surface area contributed by atoms with E-state index in [0.717, 1.165) is 36.3 Å². The molecule has 3 heterocycles. The molecule has 4 nitrogen and oxygen atoms in total. The summed E-state index contributed by atoms with van der Waals surface area (Å²) in [6.07, 6.45) is 5.56. The van der Waals surface area contributed by atoms with Crippen LogP contribution in [0.15, 0.2) is 67.1 Å². The van der Waals surface area contributed by atoms with Gasteiger partial charge in [-0.15, -0.1) is 0 Å². The van der Waals surface area contributed by atoms with Crippen molar-refractivity contribution in [1.82, 2.24) is 14.9 Å². The predicted octanol–water partition coefficient (Wildman–Crippen LogP) is 4.24. The fraction of sp³-hybridized carbons (Fsp3) is 0.158. The summed E-state index contributed by atoms with van der Waals surface area (Å²) in [4.78, 5) is 13.4. The highest BCUT2D eigenvalue weighted by Gasteiger charge is 2.24. The number of hydrogen-bond donors (Lipinski definition) is 0. The van der Waals surface area contributed by atoms with Crippen LogP contribution in [0.3, 0.4) is 0 Å². The van der Waals surface area contributed by atoms with Crippen molar-refractivity contribution in [2.24, 2.45) is 0 Å². The van der Waals surface area contributed by atoms with Crippen LogP contribution >= 0.6 is 11.6 Å². The van der Waals surface area contributed by atoms with Crippen LogP contribution in [0.25, 0.3) is 0 Å². The molecule has 120 valence electrons. The van der Waals surface area contributed by atoms with Crippen LogP contribution in [0.5, 0.6) is 0 Å². The lowest BCUT2D eigenvalue weighted by molar-refractivity contribution is 0.251. The molecular formula is C19H17ClN4. The average molecular weight is 337 g/mol. The average Bonchev–Trinajstić information content (AvgIpc) is 2.62. The van der Waals surface area contributed by atoms with Gasteiger partial charge in [0.2, 0.25) is 0 Å². The van der Waals surface area contributed by atoms with E-state index in [1.165, 1.54) is 11.1 Å². The van der Waals surface area contributed by atoms with E-state index < -0.39 is 0 Å². The van der Waals surface area contributed by atoms with Crippen molar-refractivity contribution in [3.05, 3.63) is 83.3 Å². The highest BCUT2D eigenvalue weighted by Crippen LogP contribution is 2.33. The van der Waals surface area contributed by atoms with Gasteiger partial charge in [-0.25, -0.2) is 4.98 Å². The maximum absolute atomic E-state index is 6.19. The number of hydrogen-bond acceptors (Lipinski definition) is 4. The number of benzene rings is 1. The minimum absolute atomic E-state index is 0.731. The van der Waals surface area contributed by atoms with Crippen LogP contribution < -0.4 is 4.90 Å². The van der Waals surface area contributed by atoms with Crippen molar-refractivity contribution in [2.45, 2.75) is 13.1 Å². The number of anilines is 2. The normalized spacial score (nSPS) is 14.5. The molecule has 24 heavy (non-hydrogen) atoms. The molecule has 0 spiro atoms. The lowest BCUT2D eigenvalue weighted by Gasteiger charge is -2.37. The number of halogens is 1. The van der Waals surface area contributed by atoms with Gasteiger partial charge in [0, 0.05) is 48.0 Å². The molecule has 1 aliphatic rings. The van der Waals surface area contributed by atoms with E-state index in [-0.39, 0.29) is 0 Å². The quantitative estimate of drug-likeness (QED) is 0.716. The second-order valence-corrected chi connectivity index (χ2v) is 6.32. The fourth-order valence-electron chi connectivity index (χ4n) is 3.06. The standard InChI is InChI=1S/C19H17ClN4/c20-17-6-1-7-18(10-17)24-14-23(12-15-4-2-8-21-11-15)13-16-5-3-9-22-19(16)24/h1-11H,12-14H2. The number of fused-ring (bicyclic) bond motifs is 1. The zero-order valence-corrected chi connectivity index (χ0v) is 13.9. The van der Waals surface area contributed by atoms with Gasteiger partial charge >= 0.3 is 0 Å². The third-order valence-corrected chi connectivity index (χ3v) is 4.34. The van der Waals surface area contributed by atoms with Gasteiger partial charge in [0.15, 0.2) is 0 Å².